The van der Waals surface area contributed by atoms with E-state index in [1.165, 1.54) is 6.07 Å². The first-order chi connectivity index (χ1) is 10.1. The van der Waals surface area contributed by atoms with Crippen molar-refractivity contribution >= 4 is 5.69 Å². The number of halogens is 1. The fraction of sp³-hybridized carbons (Fsp3) is 0.250. The van der Waals surface area contributed by atoms with Crippen molar-refractivity contribution < 1.29 is 19.0 Å². The lowest BCUT2D eigenvalue weighted by Crippen LogP contribution is -2.13. The van der Waals surface area contributed by atoms with E-state index in [9.17, 15) is 9.50 Å². The molecule has 0 spiro atoms. The summed E-state index contributed by atoms with van der Waals surface area (Å²) >= 11 is 0. The molecule has 1 unspecified atom stereocenters. The second kappa shape index (κ2) is 5.61. The molecule has 4 nitrogen and oxygen atoms in total. The van der Waals surface area contributed by atoms with Crippen LogP contribution in [0.25, 0.3) is 0 Å². The van der Waals surface area contributed by atoms with Gasteiger partial charge in [-0.2, -0.15) is 0 Å². The Morgan fingerprint density at radius 2 is 2.00 bits per heavy atom. The van der Waals surface area contributed by atoms with Crippen molar-refractivity contribution in [2.45, 2.75) is 13.0 Å². The van der Waals surface area contributed by atoms with Crippen LogP contribution in [0, 0.1) is 12.7 Å². The van der Waals surface area contributed by atoms with Gasteiger partial charge in [0.1, 0.15) is 5.82 Å². The van der Waals surface area contributed by atoms with Crippen LogP contribution < -0.4 is 14.8 Å². The van der Waals surface area contributed by atoms with Gasteiger partial charge < -0.3 is 19.9 Å². The monoisotopic (exact) mass is 289 g/mol. The molecule has 3 rings (SSSR count). The number of ether oxygens (including phenoxy) is 2. The second-order valence-electron chi connectivity index (χ2n) is 4.99. The first-order valence-corrected chi connectivity index (χ1v) is 6.71. The van der Waals surface area contributed by atoms with E-state index in [2.05, 4.69) is 5.32 Å². The van der Waals surface area contributed by atoms with Gasteiger partial charge in [0.15, 0.2) is 11.5 Å². The van der Waals surface area contributed by atoms with E-state index in [0.717, 1.165) is 5.56 Å². The average molecular weight is 289 g/mol. The van der Waals surface area contributed by atoms with E-state index >= 15 is 0 Å². The molecule has 0 radical (unpaired) electrons. The van der Waals surface area contributed by atoms with Crippen LogP contribution in [0.15, 0.2) is 36.4 Å². The Balaban J connectivity index is 1.69. The molecule has 0 amide bonds. The van der Waals surface area contributed by atoms with Crippen molar-refractivity contribution in [1.29, 1.82) is 0 Å². The van der Waals surface area contributed by atoms with Crippen molar-refractivity contribution in [3.8, 4) is 11.5 Å². The molecule has 0 saturated heterocycles. The maximum absolute atomic E-state index is 13.6. The van der Waals surface area contributed by atoms with Crippen LogP contribution in [0.5, 0.6) is 11.5 Å². The summed E-state index contributed by atoms with van der Waals surface area (Å²) in [5.74, 6) is 0.954. The number of rotatable bonds is 4. The number of benzene rings is 2. The van der Waals surface area contributed by atoms with Gasteiger partial charge in [0.05, 0.1) is 11.8 Å². The Morgan fingerprint density at radius 3 is 2.86 bits per heavy atom. The zero-order valence-corrected chi connectivity index (χ0v) is 11.6. The number of hydrogen-bond donors (Lipinski definition) is 2. The second-order valence-corrected chi connectivity index (χ2v) is 4.99. The van der Waals surface area contributed by atoms with Gasteiger partial charge in [0.25, 0.3) is 0 Å². The zero-order chi connectivity index (χ0) is 14.8. The lowest BCUT2D eigenvalue weighted by Gasteiger charge is -2.14. The largest absolute Gasteiger partial charge is 0.454 e. The molecule has 0 bridgehead atoms. The fourth-order valence-corrected chi connectivity index (χ4v) is 2.22. The van der Waals surface area contributed by atoms with E-state index in [-0.39, 0.29) is 19.2 Å². The van der Waals surface area contributed by atoms with Gasteiger partial charge in [-0.25, -0.2) is 4.39 Å². The highest BCUT2D eigenvalue weighted by molar-refractivity contribution is 5.48. The molecule has 2 aromatic carbocycles. The van der Waals surface area contributed by atoms with Crippen molar-refractivity contribution in [3.05, 3.63) is 53.3 Å². The third-order valence-corrected chi connectivity index (χ3v) is 3.39. The fourth-order valence-electron chi connectivity index (χ4n) is 2.22. The van der Waals surface area contributed by atoms with Gasteiger partial charge in [-0.05, 0) is 42.3 Å². The van der Waals surface area contributed by atoms with Crippen LogP contribution in [0.1, 0.15) is 17.2 Å². The molecule has 0 aromatic heterocycles. The number of anilines is 1. The molecule has 110 valence electrons. The molecule has 1 aliphatic rings. The predicted molar refractivity (Wildman–Crippen MR) is 77.2 cm³/mol. The van der Waals surface area contributed by atoms with E-state index in [1.54, 1.807) is 30.3 Å². The average Bonchev–Trinajstić information content (AvgIpc) is 2.95. The molecule has 0 saturated carbocycles. The summed E-state index contributed by atoms with van der Waals surface area (Å²) in [6, 6.07) is 10.1. The lowest BCUT2D eigenvalue weighted by atomic mass is 10.1. The van der Waals surface area contributed by atoms with E-state index in [4.69, 9.17) is 9.47 Å². The van der Waals surface area contributed by atoms with Crippen LogP contribution in [-0.2, 0) is 0 Å². The normalized spacial score (nSPS) is 14.0. The number of aryl methyl sites for hydroxylation is 1. The van der Waals surface area contributed by atoms with Gasteiger partial charge in [0.2, 0.25) is 6.79 Å². The molecule has 2 aromatic rings. The maximum atomic E-state index is 13.6. The number of aliphatic hydroxyl groups is 1. The summed E-state index contributed by atoms with van der Waals surface area (Å²) in [5, 5.41) is 13.1. The highest BCUT2D eigenvalue weighted by Crippen LogP contribution is 2.34. The molecule has 2 N–H and O–H groups in total. The van der Waals surface area contributed by atoms with Crippen LogP contribution in [0.2, 0.25) is 0 Å². The van der Waals surface area contributed by atoms with Gasteiger partial charge in [0, 0.05) is 6.54 Å². The van der Waals surface area contributed by atoms with E-state index < -0.39 is 6.10 Å². The lowest BCUT2D eigenvalue weighted by molar-refractivity contribution is 0.173. The Labute approximate surface area is 122 Å². The third-order valence-electron chi connectivity index (χ3n) is 3.39. The molecule has 5 heteroatoms. The van der Waals surface area contributed by atoms with Crippen LogP contribution in [0.3, 0.4) is 0 Å². The quantitative estimate of drug-likeness (QED) is 0.908. The van der Waals surface area contributed by atoms with Crippen LogP contribution >= 0.6 is 0 Å². The minimum atomic E-state index is -0.764. The summed E-state index contributed by atoms with van der Waals surface area (Å²) < 4.78 is 24.1. The predicted octanol–water partition coefficient (Wildman–Crippen LogP) is 3.01. The summed E-state index contributed by atoms with van der Waals surface area (Å²) in [6.45, 7) is 2.29. The number of aliphatic hydroxyl groups excluding tert-OH is 1. The van der Waals surface area contributed by atoms with Crippen LogP contribution in [-0.4, -0.2) is 18.4 Å². The van der Waals surface area contributed by atoms with Crippen molar-refractivity contribution in [1.82, 2.24) is 0 Å². The first-order valence-electron chi connectivity index (χ1n) is 6.71. The summed E-state index contributed by atoms with van der Waals surface area (Å²) in [5.41, 5.74) is 2.03. The number of fused-ring (bicyclic) bond motifs is 1. The maximum Gasteiger partial charge on any atom is 0.231 e. The minimum absolute atomic E-state index is 0.196. The van der Waals surface area contributed by atoms with Gasteiger partial charge >= 0.3 is 0 Å². The topological polar surface area (TPSA) is 50.7 Å². The van der Waals surface area contributed by atoms with Gasteiger partial charge in [-0.15, -0.1) is 0 Å². The van der Waals surface area contributed by atoms with Crippen LogP contribution in [0.4, 0.5) is 10.1 Å². The molecule has 0 fully saturated rings. The first kappa shape index (κ1) is 13.7. The molecule has 1 heterocycles. The number of hydrogen-bond acceptors (Lipinski definition) is 4. The third kappa shape index (κ3) is 2.92. The standard InChI is InChI=1S/C16H16FNO3/c1-10-2-4-12(17)13(6-10)18-8-14(19)11-3-5-15-16(7-11)21-9-20-15/h2-7,14,18-19H,8-9H2,1H3. The highest BCUT2D eigenvalue weighted by atomic mass is 19.1. The van der Waals surface area contributed by atoms with Crippen molar-refractivity contribution in [2.24, 2.45) is 0 Å². The van der Waals surface area contributed by atoms with Gasteiger partial charge in [-0.1, -0.05) is 12.1 Å². The SMILES string of the molecule is Cc1ccc(F)c(NCC(O)c2ccc3c(c2)OCO3)c1. The Hall–Kier alpha value is -2.27. The minimum Gasteiger partial charge on any atom is -0.454 e. The molecule has 21 heavy (non-hydrogen) atoms. The molecule has 0 aliphatic carbocycles. The van der Waals surface area contributed by atoms with E-state index in [1.807, 2.05) is 6.92 Å². The Morgan fingerprint density at radius 1 is 1.19 bits per heavy atom. The molecular weight excluding hydrogens is 273 g/mol. The van der Waals surface area contributed by atoms with Gasteiger partial charge in [-0.3, -0.25) is 0 Å². The summed E-state index contributed by atoms with van der Waals surface area (Å²) in [4.78, 5) is 0. The summed E-state index contributed by atoms with van der Waals surface area (Å²) in [7, 11) is 0. The Kier molecular flexibility index (Phi) is 3.66. The Bertz CT molecular complexity index is 660. The highest BCUT2D eigenvalue weighted by Gasteiger charge is 2.16. The molecular formula is C16H16FNO3. The molecule has 1 atom stereocenters. The molecule has 1 aliphatic heterocycles. The van der Waals surface area contributed by atoms with Crippen molar-refractivity contribution in [2.75, 3.05) is 18.7 Å². The smallest absolute Gasteiger partial charge is 0.231 e. The summed E-state index contributed by atoms with van der Waals surface area (Å²) in [6.07, 6.45) is -0.764. The number of nitrogens with one attached hydrogen (secondary N) is 1. The van der Waals surface area contributed by atoms with E-state index in [0.29, 0.717) is 22.7 Å². The zero-order valence-electron chi connectivity index (χ0n) is 11.6. The van der Waals surface area contributed by atoms with Crippen molar-refractivity contribution in [3.63, 3.8) is 0 Å².